The second-order valence-corrected chi connectivity index (χ2v) is 8.00. The Kier molecular flexibility index (Phi) is 3.43. The van der Waals surface area contributed by atoms with Gasteiger partial charge < -0.3 is 9.84 Å². The van der Waals surface area contributed by atoms with E-state index in [9.17, 15) is 4.79 Å². The lowest BCUT2D eigenvalue weighted by atomic mass is 10.2. The maximum Gasteiger partial charge on any atom is 0.270 e. The largest absolute Gasteiger partial charge is 0.333 e. The molecule has 0 unspecified atom stereocenters. The van der Waals surface area contributed by atoms with E-state index in [2.05, 4.69) is 15.5 Å². The van der Waals surface area contributed by atoms with Gasteiger partial charge in [-0.2, -0.15) is 4.98 Å². The Balaban J connectivity index is 1.42. The number of carbonyl (C=O) groups excluding carboxylic acids is 1. The molecular formula is C18H13N3O2S2. The summed E-state index contributed by atoms with van der Waals surface area (Å²) < 4.78 is 6.49. The van der Waals surface area contributed by atoms with Gasteiger partial charge in [0.25, 0.3) is 11.8 Å². The molecule has 1 N–H and O–H groups in total. The minimum atomic E-state index is -0.122. The normalized spacial score (nSPS) is 14.1. The lowest BCUT2D eigenvalue weighted by molar-refractivity contribution is 0.103. The lowest BCUT2D eigenvalue weighted by Crippen LogP contribution is -2.09. The molecule has 0 spiro atoms. The lowest BCUT2D eigenvalue weighted by Gasteiger charge is -2.02. The summed E-state index contributed by atoms with van der Waals surface area (Å²) in [6.45, 7) is 0. The molecule has 1 aromatic carbocycles. The van der Waals surface area contributed by atoms with Crippen LogP contribution in [-0.4, -0.2) is 16.0 Å². The number of hydrogen-bond acceptors (Lipinski definition) is 6. The van der Waals surface area contributed by atoms with E-state index in [0.717, 1.165) is 33.6 Å². The quantitative estimate of drug-likeness (QED) is 0.542. The van der Waals surface area contributed by atoms with Crippen molar-refractivity contribution in [1.82, 2.24) is 10.1 Å². The molecule has 3 aromatic heterocycles. The predicted octanol–water partition coefficient (Wildman–Crippen LogP) is 5.14. The standard InChI is InChI=1S/C18H13N3O2S2/c22-17(14-9-11-3-1-2-4-13(11)25-14)19-12-7-8-24-15(12)18-20-16(21-23-18)10-5-6-10/h1-4,7-10H,5-6H2,(H,19,22). The summed E-state index contributed by atoms with van der Waals surface area (Å²) in [6.07, 6.45) is 2.25. The fraction of sp³-hybridized carbons (Fsp3) is 0.167. The number of anilines is 1. The van der Waals surface area contributed by atoms with Gasteiger partial charge in [-0.15, -0.1) is 22.7 Å². The molecule has 5 rings (SSSR count). The van der Waals surface area contributed by atoms with Crippen molar-refractivity contribution < 1.29 is 9.32 Å². The highest BCUT2D eigenvalue weighted by atomic mass is 32.1. The molecule has 5 nitrogen and oxygen atoms in total. The van der Waals surface area contributed by atoms with Crippen molar-refractivity contribution in [3.63, 3.8) is 0 Å². The summed E-state index contributed by atoms with van der Waals surface area (Å²) in [5.74, 6) is 1.56. The summed E-state index contributed by atoms with van der Waals surface area (Å²) in [4.78, 5) is 18.6. The number of aromatic nitrogens is 2. The van der Waals surface area contributed by atoms with Crippen molar-refractivity contribution in [2.45, 2.75) is 18.8 Å². The Morgan fingerprint density at radius 1 is 1.24 bits per heavy atom. The maximum atomic E-state index is 12.6. The van der Waals surface area contributed by atoms with Crippen LogP contribution in [0.1, 0.15) is 34.3 Å². The Morgan fingerprint density at radius 2 is 2.12 bits per heavy atom. The number of rotatable bonds is 4. The predicted molar refractivity (Wildman–Crippen MR) is 99.4 cm³/mol. The van der Waals surface area contributed by atoms with Crippen molar-refractivity contribution in [2.24, 2.45) is 0 Å². The molecule has 4 aromatic rings. The number of fused-ring (bicyclic) bond motifs is 1. The number of nitrogens with one attached hydrogen (secondary N) is 1. The van der Waals surface area contributed by atoms with Crippen LogP contribution in [0, 0.1) is 0 Å². The summed E-state index contributed by atoms with van der Waals surface area (Å²) in [5, 5.41) is 10.0. The smallest absolute Gasteiger partial charge is 0.270 e. The number of thiophene rings is 2. The third-order valence-corrected chi connectivity index (χ3v) is 6.16. The molecule has 0 aliphatic heterocycles. The zero-order valence-electron chi connectivity index (χ0n) is 13.1. The SMILES string of the molecule is O=C(Nc1ccsc1-c1nc(C2CC2)no1)c1cc2ccccc2s1. The van der Waals surface area contributed by atoms with Crippen LogP contribution in [-0.2, 0) is 0 Å². The molecule has 3 heterocycles. The molecular weight excluding hydrogens is 354 g/mol. The van der Waals surface area contributed by atoms with Crippen LogP contribution in [0.25, 0.3) is 20.9 Å². The Bertz CT molecular complexity index is 1040. The average Bonchev–Trinajstić information content (AvgIpc) is 3.03. The first-order valence-corrected chi connectivity index (χ1v) is 9.69. The number of nitrogens with zero attached hydrogens (tertiary/aromatic N) is 2. The van der Waals surface area contributed by atoms with Gasteiger partial charge in [-0.05, 0) is 41.8 Å². The first-order valence-electron chi connectivity index (χ1n) is 7.99. The number of benzene rings is 1. The third-order valence-electron chi connectivity index (χ3n) is 4.14. The monoisotopic (exact) mass is 367 g/mol. The van der Waals surface area contributed by atoms with Gasteiger partial charge in [0.1, 0.15) is 4.88 Å². The minimum absolute atomic E-state index is 0.122. The van der Waals surface area contributed by atoms with Crippen LogP contribution < -0.4 is 5.32 Å². The van der Waals surface area contributed by atoms with E-state index in [-0.39, 0.29) is 5.91 Å². The van der Waals surface area contributed by atoms with E-state index < -0.39 is 0 Å². The molecule has 1 aliphatic carbocycles. The van der Waals surface area contributed by atoms with Crippen LogP contribution in [0.3, 0.4) is 0 Å². The summed E-state index contributed by atoms with van der Waals surface area (Å²) >= 11 is 2.97. The van der Waals surface area contributed by atoms with Crippen molar-refractivity contribution in [2.75, 3.05) is 5.32 Å². The molecule has 1 aliphatic rings. The number of carbonyl (C=O) groups is 1. The highest BCUT2D eigenvalue weighted by Gasteiger charge is 2.29. The fourth-order valence-corrected chi connectivity index (χ4v) is 4.41. The molecule has 124 valence electrons. The maximum absolute atomic E-state index is 12.6. The van der Waals surface area contributed by atoms with Crippen molar-refractivity contribution in [3.8, 4) is 10.8 Å². The third kappa shape index (κ3) is 2.75. The zero-order chi connectivity index (χ0) is 16.8. The van der Waals surface area contributed by atoms with Gasteiger partial charge in [0.05, 0.1) is 10.6 Å². The van der Waals surface area contributed by atoms with E-state index in [1.54, 1.807) is 0 Å². The summed E-state index contributed by atoms with van der Waals surface area (Å²) in [6, 6.07) is 11.8. The fourth-order valence-electron chi connectivity index (χ4n) is 2.69. The van der Waals surface area contributed by atoms with Gasteiger partial charge >= 0.3 is 0 Å². The Labute approximate surface area is 151 Å². The van der Waals surface area contributed by atoms with Crippen LogP contribution in [0.4, 0.5) is 5.69 Å². The van der Waals surface area contributed by atoms with Crippen molar-refractivity contribution in [1.29, 1.82) is 0 Å². The van der Waals surface area contributed by atoms with Crippen LogP contribution in [0.2, 0.25) is 0 Å². The molecule has 25 heavy (non-hydrogen) atoms. The first-order chi connectivity index (χ1) is 12.3. The minimum Gasteiger partial charge on any atom is -0.333 e. The van der Waals surface area contributed by atoms with Gasteiger partial charge in [0.15, 0.2) is 5.82 Å². The molecule has 0 bridgehead atoms. The van der Waals surface area contributed by atoms with Gasteiger partial charge in [0, 0.05) is 10.6 Å². The van der Waals surface area contributed by atoms with Crippen molar-refractivity contribution >= 4 is 44.4 Å². The second kappa shape index (κ2) is 5.79. The van der Waals surface area contributed by atoms with Gasteiger partial charge in [0.2, 0.25) is 0 Å². The van der Waals surface area contributed by atoms with E-state index in [1.807, 2.05) is 41.8 Å². The topological polar surface area (TPSA) is 68.0 Å². The van der Waals surface area contributed by atoms with Crippen molar-refractivity contribution in [3.05, 3.63) is 52.5 Å². The van der Waals surface area contributed by atoms with E-state index in [1.165, 1.54) is 22.7 Å². The molecule has 1 saturated carbocycles. The van der Waals surface area contributed by atoms with Crippen LogP contribution in [0.5, 0.6) is 0 Å². The first kappa shape index (κ1) is 14.8. The number of amides is 1. The molecule has 0 radical (unpaired) electrons. The Morgan fingerprint density at radius 3 is 2.96 bits per heavy atom. The molecule has 7 heteroatoms. The molecule has 1 fully saturated rings. The van der Waals surface area contributed by atoms with E-state index in [4.69, 9.17) is 4.52 Å². The summed E-state index contributed by atoms with van der Waals surface area (Å²) in [5.41, 5.74) is 0.707. The number of hydrogen-bond donors (Lipinski definition) is 1. The van der Waals surface area contributed by atoms with E-state index in [0.29, 0.717) is 22.4 Å². The second-order valence-electron chi connectivity index (χ2n) is 6.00. The zero-order valence-corrected chi connectivity index (χ0v) is 14.7. The van der Waals surface area contributed by atoms with Crippen LogP contribution >= 0.6 is 22.7 Å². The van der Waals surface area contributed by atoms with Gasteiger partial charge in [-0.3, -0.25) is 4.79 Å². The van der Waals surface area contributed by atoms with Gasteiger partial charge in [-0.25, -0.2) is 0 Å². The highest BCUT2D eigenvalue weighted by Crippen LogP contribution is 2.40. The highest BCUT2D eigenvalue weighted by molar-refractivity contribution is 7.21. The molecule has 0 saturated heterocycles. The molecule has 0 atom stereocenters. The van der Waals surface area contributed by atoms with Gasteiger partial charge in [-0.1, -0.05) is 23.4 Å². The Hall–Kier alpha value is -2.51. The summed E-state index contributed by atoms with van der Waals surface area (Å²) in [7, 11) is 0. The molecule has 1 amide bonds. The van der Waals surface area contributed by atoms with Crippen LogP contribution in [0.15, 0.2) is 46.3 Å². The average molecular weight is 367 g/mol. The van der Waals surface area contributed by atoms with E-state index >= 15 is 0 Å².